The van der Waals surface area contributed by atoms with Crippen molar-refractivity contribution in [1.29, 1.82) is 0 Å². The molecule has 1 saturated carbocycles. The Kier molecular flexibility index (Phi) is 3.42. The quantitative estimate of drug-likeness (QED) is 0.616. The van der Waals surface area contributed by atoms with E-state index < -0.39 is 0 Å². The van der Waals surface area contributed by atoms with Crippen LogP contribution in [0.2, 0.25) is 0 Å². The fourth-order valence-electron chi connectivity index (χ4n) is 2.13. The van der Waals surface area contributed by atoms with Gasteiger partial charge in [-0.05, 0) is 57.7 Å². The molecule has 1 aliphatic heterocycles. The van der Waals surface area contributed by atoms with Crippen LogP contribution < -0.4 is 10.6 Å². The molecule has 1 heterocycles. The predicted molar refractivity (Wildman–Crippen MR) is 57.3 cm³/mol. The Balaban J connectivity index is 1.59. The van der Waals surface area contributed by atoms with Gasteiger partial charge in [-0.15, -0.1) is 0 Å². The van der Waals surface area contributed by atoms with Gasteiger partial charge in [0.25, 0.3) is 0 Å². The fourth-order valence-corrected chi connectivity index (χ4v) is 2.13. The molecule has 0 aromatic rings. The molecule has 0 aromatic heterocycles. The van der Waals surface area contributed by atoms with Crippen LogP contribution >= 0.6 is 0 Å². The van der Waals surface area contributed by atoms with E-state index in [0.717, 1.165) is 38.4 Å². The van der Waals surface area contributed by atoms with Crippen LogP contribution in [0.1, 0.15) is 32.1 Å². The lowest BCUT2D eigenvalue weighted by molar-refractivity contribution is 0.146. The second-order valence-corrected chi connectivity index (χ2v) is 4.90. The van der Waals surface area contributed by atoms with Crippen molar-refractivity contribution in [2.75, 3.05) is 26.2 Å². The average molecular weight is 198 g/mol. The zero-order valence-corrected chi connectivity index (χ0v) is 8.89. The van der Waals surface area contributed by atoms with E-state index in [1.807, 2.05) is 0 Å². The summed E-state index contributed by atoms with van der Waals surface area (Å²) in [5.74, 6) is 0.812. The number of aliphatic hydroxyl groups is 1. The Morgan fingerprint density at radius 3 is 2.93 bits per heavy atom. The van der Waals surface area contributed by atoms with Gasteiger partial charge in [0.2, 0.25) is 0 Å². The Labute approximate surface area is 86.3 Å². The van der Waals surface area contributed by atoms with Crippen LogP contribution in [0.25, 0.3) is 0 Å². The van der Waals surface area contributed by atoms with Crippen molar-refractivity contribution < 1.29 is 5.11 Å². The van der Waals surface area contributed by atoms with E-state index in [9.17, 15) is 5.11 Å². The molecule has 1 unspecified atom stereocenters. The molecule has 2 aliphatic rings. The Bertz CT molecular complexity index is 172. The average Bonchev–Trinajstić information content (AvgIpc) is 2.92. The smallest absolute Gasteiger partial charge is 0.0773 e. The molecule has 14 heavy (non-hydrogen) atoms. The van der Waals surface area contributed by atoms with E-state index in [4.69, 9.17) is 0 Å². The lowest BCUT2D eigenvalue weighted by Crippen LogP contribution is -2.32. The molecule has 3 heteroatoms. The molecular weight excluding hydrogens is 176 g/mol. The molecule has 1 saturated heterocycles. The maximum atomic E-state index is 9.64. The number of hydrogen-bond donors (Lipinski definition) is 3. The van der Waals surface area contributed by atoms with E-state index >= 15 is 0 Å². The summed E-state index contributed by atoms with van der Waals surface area (Å²) in [7, 11) is 0. The number of nitrogens with one attached hydrogen (secondary N) is 2. The van der Waals surface area contributed by atoms with Gasteiger partial charge in [0.15, 0.2) is 0 Å². The van der Waals surface area contributed by atoms with Crippen molar-refractivity contribution in [2.45, 2.75) is 37.7 Å². The highest BCUT2D eigenvalue weighted by Crippen LogP contribution is 2.33. The Morgan fingerprint density at radius 2 is 2.14 bits per heavy atom. The summed E-state index contributed by atoms with van der Waals surface area (Å²) < 4.78 is 0. The van der Waals surface area contributed by atoms with Crippen LogP contribution in [0.5, 0.6) is 0 Å². The zero-order valence-electron chi connectivity index (χ0n) is 8.89. The summed E-state index contributed by atoms with van der Waals surface area (Å²) in [4.78, 5) is 0. The lowest BCUT2D eigenvalue weighted by atomic mass is 10.0. The first-order chi connectivity index (χ1) is 6.79. The van der Waals surface area contributed by atoms with Crippen LogP contribution in [-0.4, -0.2) is 36.9 Å². The summed E-state index contributed by atoms with van der Waals surface area (Å²) in [6.07, 6.45) is 5.90. The lowest BCUT2D eigenvalue weighted by Gasteiger charge is -2.16. The van der Waals surface area contributed by atoms with Gasteiger partial charge in [0.1, 0.15) is 0 Å². The molecule has 3 nitrogen and oxygen atoms in total. The molecule has 2 fully saturated rings. The van der Waals surface area contributed by atoms with Crippen LogP contribution in [0.4, 0.5) is 0 Å². The first-order valence-corrected chi connectivity index (χ1v) is 5.92. The monoisotopic (exact) mass is 198 g/mol. The minimum Gasteiger partial charge on any atom is -0.389 e. The van der Waals surface area contributed by atoms with E-state index in [1.54, 1.807) is 0 Å². The minimum atomic E-state index is -0.330. The summed E-state index contributed by atoms with van der Waals surface area (Å²) in [6.45, 7) is 4.23. The molecule has 0 radical (unpaired) electrons. The molecule has 82 valence electrons. The van der Waals surface area contributed by atoms with Gasteiger partial charge in [0, 0.05) is 6.54 Å². The van der Waals surface area contributed by atoms with E-state index in [1.165, 1.54) is 25.8 Å². The normalized spacial score (nSPS) is 31.1. The van der Waals surface area contributed by atoms with Crippen molar-refractivity contribution in [3.63, 3.8) is 0 Å². The SMILES string of the molecule is OC1(CNCC2CCCNCC2)CC1. The molecule has 0 bridgehead atoms. The van der Waals surface area contributed by atoms with Crippen molar-refractivity contribution in [2.24, 2.45) is 5.92 Å². The van der Waals surface area contributed by atoms with Gasteiger partial charge >= 0.3 is 0 Å². The van der Waals surface area contributed by atoms with Crippen molar-refractivity contribution in [3.8, 4) is 0 Å². The van der Waals surface area contributed by atoms with E-state index in [-0.39, 0.29) is 5.60 Å². The zero-order chi connectivity index (χ0) is 9.86. The molecule has 3 N–H and O–H groups in total. The van der Waals surface area contributed by atoms with Crippen molar-refractivity contribution in [1.82, 2.24) is 10.6 Å². The molecular formula is C11H22N2O. The van der Waals surface area contributed by atoms with Gasteiger partial charge in [-0.1, -0.05) is 0 Å². The first-order valence-electron chi connectivity index (χ1n) is 5.92. The van der Waals surface area contributed by atoms with Crippen LogP contribution in [0.3, 0.4) is 0 Å². The van der Waals surface area contributed by atoms with Crippen LogP contribution in [-0.2, 0) is 0 Å². The maximum Gasteiger partial charge on any atom is 0.0773 e. The van der Waals surface area contributed by atoms with Crippen LogP contribution in [0, 0.1) is 5.92 Å². The van der Waals surface area contributed by atoms with Gasteiger partial charge in [-0.3, -0.25) is 0 Å². The van der Waals surface area contributed by atoms with Crippen molar-refractivity contribution in [3.05, 3.63) is 0 Å². The van der Waals surface area contributed by atoms with Crippen molar-refractivity contribution >= 4 is 0 Å². The second kappa shape index (κ2) is 4.60. The minimum absolute atomic E-state index is 0.330. The standard InChI is InChI=1S/C11H22N2O/c14-11(4-5-11)9-13-8-10-2-1-6-12-7-3-10/h10,12-14H,1-9H2. The van der Waals surface area contributed by atoms with Crippen LogP contribution in [0.15, 0.2) is 0 Å². The summed E-state index contributed by atoms with van der Waals surface area (Å²) in [5.41, 5.74) is -0.330. The van der Waals surface area contributed by atoms with Gasteiger partial charge in [0.05, 0.1) is 5.60 Å². The van der Waals surface area contributed by atoms with E-state index in [2.05, 4.69) is 10.6 Å². The Hall–Kier alpha value is -0.120. The molecule has 0 amide bonds. The highest BCUT2D eigenvalue weighted by Gasteiger charge is 2.39. The molecule has 2 rings (SSSR count). The number of rotatable bonds is 4. The van der Waals surface area contributed by atoms with Gasteiger partial charge in [-0.2, -0.15) is 0 Å². The third-order valence-corrected chi connectivity index (χ3v) is 3.41. The topological polar surface area (TPSA) is 44.3 Å². The number of hydrogen-bond acceptors (Lipinski definition) is 3. The highest BCUT2D eigenvalue weighted by atomic mass is 16.3. The molecule has 1 atom stereocenters. The highest BCUT2D eigenvalue weighted by molar-refractivity contribution is 4.95. The molecule has 0 spiro atoms. The molecule has 1 aliphatic carbocycles. The largest absolute Gasteiger partial charge is 0.389 e. The third-order valence-electron chi connectivity index (χ3n) is 3.41. The third kappa shape index (κ3) is 3.23. The Morgan fingerprint density at radius 1 is 1.29 bits per heavy atom. The second-order valence-electron chi connectivity index (χ2n) is 4.90. The summed E-state index contributed by atoms with van der Waals surface area (Å²) >= 11 is 0. The first kappa shape index (κ1) is 10.4. The summed E-state index contributed by atoms with van der Waals surface area (Å²) in [5, 5.41) is 16.5. The molecule has 0 aromatic carbocycles. The van der Waals surface area contributed by atoms with Gasteiger partial charge in [-0.25, -0.2) is 0 Å². The maximum absolute atomic E-state index is 9.64. The van der Waals surface area contributed by atoms with E-state index in [0.29, 0.717) is 0 Å². The summed E-state index contributed by atoms with van der Waals surface area (Å²) in [6, 6.07) is 0. The fraction of sp³-hybridized carbons (Fsp3) is 1.00. The predicted octanol–water partition coefficient (Wildman–Crippen LogP) is 0.491. The van der Waals surface area contributed by atoms with Gasteiger partial charge < -0.3 is 15.7 Å².